The van der Waals surface area contributed by atoms with Crippen LogP contribution in [0.2, 0.25) is 0 Å². The zero-order chi connectivity index (χ0) is 17.6. The molecular formula is C19H25N3O2S. The number of aromatic amines is 1. The Bertz CT molecular complexity index is 782. The van der Waals surface area contributed by atoms with Crippen LogP contribution in [-0.2, 0) is 4.79 Å². The van der Waals surface area contributed by atoms with E-state index < -0.39 is 0 Å². The third-order valence-electron chi connectivity index (χ3n) is 4.70. The molecule has 1 heterocycles. The Morgan fingerprint density at radius 2 is 2.00 bits per heavy atom. The SMILES string of the molecule is C[C@@H](SCC(=O)NC1CCCCCC1)c1nc2ccccc2c(=O)[nH]1. The van der Waals surface area contributed by atoms with Crippen molar-refractivity contribution in [2.24, 2.45) is 0 Å². The van der Waals surface area contributed by atoms with E-state index in [0.29, 0.717) is 28.5 Å². The number of fused-ring (bicyclic) bond motifs is 1. The molecule has 0 spiro atoms. The molecule has 5 nitrogen and oxygen atoms in total. The molecule has 25 heavy (non-hydrogen) atoms. The van der Waals surface area contributed by atoms with Gasteiger partial charge in [0.25, 0.3) is 5.56 Å². The lowest BCUT2D eigenvalue weighted by molar-refractivity contribution is -0.119. The quantitative estimate of drug-likeness (QED) is 0.801. The minimum Gasteiger partial charge on any atom is -0.353 e. The molecule has 1 atom stereocenters. The number of aromatic nitrogens is 2. The minimum atomic E-state index is -0.129. The van der Waals surface area contributed by atoms with Crippen molar-refractivity contribution in [2.45, 2.75) is 56.7 Å². The predicted molar refractivity (Wildman–Crippen MR) is 103 cm³/mol. The summed E-state index contributed by atoms with van der Waals surface area (Å²) in [5.74, 6) is 1.08. The number of rotatable bonds is 5. The lowest BCUT2D eigenvalue weighted by atomic mass is 10.1. The number of nitrogens with one attached hydrogen (secondary N) is 2. The van der Waals surface area contributed by atoms with E-state index in [1.165, 1.54) is 37.4 Å². The van der Waals surface area contributed by atoms with Gasteiger partial charge in [-0.25, -0.2) is 4.98 Å². The Morgan fingerprint density at radius 3 is 2.76 bits per heavy atom. The van der Waals surface area contributed by atoms with E-state index in [0.717, 1.165) is 12.8 Å². The van der Waals surface area contributed by atoms with Crippen LogP contribution >= 0.6 is 11.8 Å². The number of benzene rings is 1. The molecule has 0 saturated heterocycles. The highest BCUT2D eigenvalue weighted by Crippen LogP contribution is 2.25. The number of carbonyl (C=O) groups excluding carboxylic acids is 1. The van der Waals surface area contributed by atoms with Gasteiger partial charge in [-0.2, -0.15) is 0 Å². The van der Waals surface area contributed by atoms with Crippen LogP contribution < -0.4 is 10.9 Å². The summed E-state index contributed by atoms with van der Waals surface area (Å²) in [5, 5.41) is 3.70. The van der Waals surface area contributed by atoms with E-state index in [1.54, 1.807) is 6.07 Å². The van der Waals surface area contributed by atoms with Gasteiger partial charge in [-0.3, -0.25) is 9.59 Å². The molecule has 0 unspecified atom stereocenters. The monoisotopic (exact) mass is 359 g/mol. The van der Waals surface area contributed by atoms with Crippen molar-refractivity contribution < 1.29 is 4.79 Å². The molecule has 1 amide bonds. The molecule has 1 aliphatic rings. The molecule has 2 N–H and O–H groups in total. The molecule has 134 valence electrons. The molecule has 1 aliphatic carbocycles. The fourth-order valence-electron chi connectivity index (χ4n) is 3.27. The number of nitrogens with zero attached hydrogens (tertiary/aromatic N) is 1. The molecule has 0 radical (unpaired) electrons. The van der Waals surface area contributed by atoms with Crippen molar-refractivity contribution in [3.8, 4) is 0 Å². The van der Waals surface area contributed by atoms with Gasteiger partial charge < -0.3 is 10.3 Å². The number of amides is 1. The highest BCUT2D eigenvalue weighted by molar-refractivity contribution is 8.00. The van der Waals surface area contributed by atoms with Crippen molar-refractivity contribution >= 4 is 28.6 Å². The molecule has 2 aromatic rings. The van der Waals surface area contributed by atoms with Gasteiger partial charge in [0.15, 0.2) is 0 Å². The van der Waals surface area contributed by atoms with Gasteiger partial charge in [0.1, 0.15) is 5.82 Å². The van der Waals surface area contributed by atoms with Crippen LogP contribution in [0.15, 0.2) is 29.1 Å². The lowest BCUT2D eigenvalue weighted by Crippen LogP contribution is -2.35. The van der Waals surface area contributed by atoms with Crippen molar-refractivity contribution in [1.82, 2.24) is 15.3 Å². The zero-order valence-electron chi connectivity index (χ0n) is 14.6. The maximum atomic E-state index is 12.2. The van der Waals surface area contributed by atoms with Crippen LogP contribution in [-0.4, -0.2) is 27.7 Å². The van der Waals surface area contributed by atoms with Crippen LogP contribution in [0.5, 0.6) is 0 Å². The second-order valence-corrected chi connectivity index (χ2v) is 8.01. The van der Waals surface area contributed by atoms with Gasteiger partial charge in [0, 0.05) is 6.04 Å². The lowest BCUT2D eigenvalue weighted by Gasteiger charge is -2.17. The van der Waals surface area contributed by atoms with Crippen LogP contribution in [0, 0.1) is 0 Å². The summed E-state index contributed by atoms with van der Waals surface area (Å²) in [7, 11) is 0. The van der Waals surface area contributed by atoms with Crippen molar-refractivity contribution in [3.05, 3.63) is 40.4 Å². The first kappa shape index (κ1) is 18.0. The normalized spacial score (nSPS) is 17.2. The Labute approximate surface area is 152 Å². The number of thioether (sulfide) groups is 1. The van der Waals surface area contributed by atoms with Crippen LogP contribution in [0.25, 0.3) is 10.9 Å². The molecule has 6 heteroatoms. The molecule has 0 bridgehead atoms. The minimum absolute atomic E-state index is 0.0443. The first-order valence-corrected chi connectivity index (χ1v) is 10.1. The zero-order valence-corrected chi connectivity index (χ0v) is 15.4. The summed E-state index contributed by atoms with van der Waals surface area (Å²) in [6, 6.07) is 7.63. The van der Waals surface area contributed by atoms with E-state index >= 15 is 0 Å². The van der Waals surface area contributed by atoms with Crippen LogP contribution in [0.4, 0.5) is 0 Å². The van der Waals surface area contributed by atoms with Crippen LogP contribution in [0.1, 0.15) is 56.5 Å². The number of carbonyl (C=O) groups is 1. The van der Waals surface area contributed by atoms with E-state index in [2.05, 4.69) is 15.3 Å². The topological polar surface area (TPSA) is 74.8 Å². The summed E-state index contributed by atoms with van der Waals surface area (Å²) in [6.07, 6.45) is 7.14. The Morgan fingerprint density at radius 1 is 1.28 bits per heavy atom. The molecule has 3 rings (SSSR count). The van der Waals surface area contributed by atoms with Gasteiger partial charge >= 0.3 is 0 Å². The van der Waals surface area contributed by atoms with E-state index in [1.807, 2.05) is 25.1 Å². The first-order valence-electron chi connectivity index (χ1n) is 9.03. The van der Waals surface area contributed by atoms with Gasteiger partial charge in [-0.05, 0) is 31.9 Å². The Balaban J connectivity index is 1.57. The van der Waals surface area contributed by atoms with Gasteiger partial charge in [-0.1, -0.05) is 37.8 Å². The summed E-state index contributed by atoms with van der Waals surface area (Å²) in [6.45, 7) is 1.97. The smallest absolute Gasteiger partial charge is 0.258 e. The fraction of sp³-hybridized carbons (Fsp3) is 0.526. The number of hydrogen-bond donors (Lipinski definition) is 2. The van der Waals surface area contributed by atoms with E-state index in [4.69, 9.17) is 0 Å². The first-order chi connectivity index (χ1) is 12.1. The average molecular weight is 359 g/mol. The highest BCUT2D eigenvalue weighted by atomic mass is 32.2. The van der Waals surface area contributed by atoms with Gasteiger partial charge in [0.2, 0.25) is 5.91 Å². The molecule has 1 aromatic carbocycles. The molecule has 0 aliphatic heterocycles. The Kier molecular flexibility index (Phi) is 6.13. The maximum Gasteiger partial charge on any atom is 0.258 e. The molecule has 1 fully saturated rings. The predicted octanol–water partition coefficient (Wildman–Crippen LogP) is 3.56. The fourth-order valence-corrected chi connectivity index (χ4v) is 4.02. The van der Waals surface area contributed by atoms with Gasteiger partial charge in [-0.15, -0.1) is 11.8 Å². The number of H-pyrrole nitrogens is 1. The van der Waals surface area contributed by atoms with Crippen molar-refractivity contribution in [3.63, 3.8) is 0 Å². The summed E-state index contributed by atoms with van der Waals surface area (Å²) < 4.78 is 0. The molecule has 1 aromatic heterocycles. The highest BCUT2D eigenvalue weighted by Gasteiger charge is 2.17. The number of para-hydroxylation sites is 1. The summed E-state index contributed by atoms with van der Waals surface area (Å²) in [4.78, 5) is 31.7. The standard InChI is InChI=1S/C19H25N3O2S/c1-13(18-21-16-11-7-6-10-15(16)19(24)22-18)25-12-17(23)20-14-8-4-2-3-5-9-14/h6-7,10-11,13-14H,2-5,8-9,12H2,1H3,(H,20,23)(H,21,22,24)/t13-/m1/s1. The Hall–Kier alpha value is -1.82. The number of hydrogen-bond acceptors (Lipinski definition) is 4. The average Bonchev–Trinajstić information content (AvgIpc) is 2.88. The van der Waals surface area contributed by atoms with Gasteiger partial charge in [0.05, 0.1) is 21.9 Å². The largest absolute Gasteiger partial charge is 0.353 e. The van der Waals surface area contributed by atoms with E-state index in [9.17, 15) is 9.59 Å². The summed E-state index contributed by atoms with van der Waals surface area (Å²) >= 11 is 1.50. The molecule has 1 saturated carbocycles. The third kappa shape index (κ3) is 4.84. The van der Waals surface area contributed by atoms with E-state index in [-0.39, 0.29) is 16.7 Å². The van der Waals surface area contributed by atoms with Crippen molar-refractivity contribution in [1.29, 1.82) is 0 Å². The maximum absolute atomic E-state index is 12.2. The molecular weight excluding hydrogens is 334 g/mol. The summed E-state index contributed by atoms with van der Waals surface area (Å²) in [5.41, 5.74) is 0.563. The third-order valence-corrected chi connectivity index (χ3v) is 5.85. The van der Waals surface area contributed by atoms with Crippen LogP contribution in [0.3, 0.4) is 0 Å². The van der Waals surface area contributed by atoms with Crippen molar-refractivity contribution in [2.75, 3.05) is 5.75 Å². The second-order valence-electron chi connectivity index (χ2n) is 6.68. The second kappa shape index (κ2) is 8.52.